The number of hydrogen-bond acceptors (Lipinski definition) is 2. The molecule has 1 aliphatic rings. The number of nitrogens with one attached hydrogen (secondary N) is 1. The third kappa shape index (κ3) is 3.13. The van der Waals surface area contributed by atoms with Crippen molar-refractivity contribution in [2.45, 2.75) is 45.2 Å². The molecule has 0 radical (unpaired) electrons. The lowest BCUT2D eigenvalue weighted by Crippen LogP contribution is -2.34. The largest absolute Gasteiger partial charge is 0.477 e. The number of rotatable bonds is 6. The molecule has 3 aromatic rings. The second kappa shape index (κ2) is 6.96. The third-order valence-corrected chi connectivity index (χ3v) is 4.96. The highest BCUT2D eigenvalue weighted by Gasteiger charge is 2.24. The van der Waals surface area contributed by atoms with Crippen molar-refractivity contribution < 1.29 is 14.0 Å². The Morgan fingerprint density at radius 3 is 2.65 bits per heavy atom. The summed E-state index contributed by atoms with van der Waals surface area (Å²) in [6, 6.07) is 14.0. The van der Waals surface area contributed by atoms with Crippen LogP contribution >= 0.6 is 0 Å². The molecule has 2 N–H and O–H groups in total. The van der Waals surface area contributed by atoms with Crippen LogP contribution in [0.2, 0.25) is 0 Å². The first-order valence-electron chi connectivity index (χ1n) is 10.4. The number of carboxylic acids is 1. The summed E-state index contributed by atoms with van der Waals surface area (Å²) in [5.41, 5.74) is 2.74. The fourth-order valence-corrected chi connectivity index (χ4v) is 3.32. The van der Waals surface area contributed by atoms with E-state index in [2.05, 4.69) is 5.32 Å². The van der Waals surface area contributed by atoms with Crippen LogP contribution in [0.5, 0.6) is 0 Å². The van der Waals surface area contributed by atoms with Crippen LogP contribution in [0.4, 0.5) is 0 Å². The SMILES string of the molecule is [2H]C1(NC([2H])([2H])c2c(C(=O)O)n(Cc3ccc(C)cc3)c3ccccc23)CCC1. The van der Waals surface area contributed by atoms with Gasteiger partial charge in [-0.15, -0.1) is 0 Å². The predicted molar refractivity (Wildman–Crippen MR) is 104 cm³/mol. The average Bonchev–Trinajstić information content (AvgIpc) is 2.97. The van der Waals surface area contributed by atoms with Gasteiger partial charge in [-0.05, 0) is 31.4 Å². The van der Waals surface area contributed by atoms with Crippen molar-refractivity contribution in [1.82, 2.24) is 9.88 Å². The van der Waals surface area contributed by atoms with Crippen LogP contribution in [-0.4, -0.2) is 21.7 Å². The first kappa shape index (κ1) is 13.6. The lowest BCUT2D eigenvalue weighted by Gasteiger charge is -2.26. The number of aromatic carboxylic acids is 1. The molecule has 1 saturated carbocycles. The van der Waals surface area contributed by atoms with E-state index < -0.39 is 18.5 Å². The van der Waals surface area contributed by atoms with Gasteiger partial charge in [0.05, 0.1) is 0 Å². The summed E-state index contributed by atoms with van der Waals surface area (Å²) >= 11 is 0. The van der Waals surface area contributed by atoms with Gasteiger partial charge >= 0.3 is 5.97 Å². The third-order valence-electron chi connectivity index (χ3n) is 4.96. The molecule has 1 heterocycles. The normalized spacial score (nSPS) is 18.0. The highest BCUT2D eigenvalue weighted by Crippen LogP contribution is 2.28. The van der Waals surface area contributed by atoms with Gasteiger partial charge in [0.25, 0.3) is 0 Å². The first-order chi connectivity index (χ1) is 13.7. The Morgan fingerprint density at radius 1 is 1.27 bits per heavy atom. The second-order valence-electron chi connectivity index (χ2n) is 6.82. The summed E-state index contributed by atoms with van der Waals surface area (Å²) in [4.78, 5) is 12.3. The molecule has 0 atom stereocenters. The summed E-state index contributed by atoms with van der Waals surface area (Å²) in [5, 5.41) is 13.4. The van der Waals surface area contributed by atoms with Crippen LogP contribution in [0.3, 0.4) is 0 Å². The molecule has 0 unspecified atom stereocenters. The number of hydrogen-bond donors (Lipinski definition) is 2. The van der Waals surface area contributed by atoms with E-state index in [1.807, 2.05) is 43.3 Å². The molecule has 1 aromatic heterocycles. The average molecular weight is 351 g/mol. The van der Waals surface area contributed by atoms with Crippen LogP contribution in [0, 0.1) is 6.92 Å². The molecule has 4 nitrogen and oxygen atoms in total. The molecule has 0 bridgehead atoms. The van der Waals surface area contributed by atoms with Gasteiger partial charge in [-0.2, -0.15) is 0 Å². The molecule has 26 heavy (non-hydrogen) atoms. The molecule has 4 rings (SSSR count). The van der Waals surface area contributed by atoms with Gasteiger partial charge in [-0.1, -0.05) is 54.4 Å². The molecule has 2 aromatic carbocycles. The topological polar surface area (TPSA) is 54.3 Å². The van der Waals surface area contributed by atoms with Crippen molar-refractivity contribution >= 4 is 16.9 Å². The molecule has 4 heteroatoms. The van der Waals surface area contributed by atoms with Gasteiger partial charge < -0.3 is 15.0 Å². The van der Waals surface area contributed by atoms with E-state index in [9.17, 15) is 9.90 Å². The van der Waals surface area contributed by atoms with E-state index in [1.165, 1.54) is 0 Å². The molecule has 1 aliphatic carbocycles. The molecule has 0 amide bonds. The fraction of sp³-hybridized carbons (Fsp3) is 0.318. The second-order valence-corrected chi connectivity index (χ2v) is 6.82. The van der Waals surface area contributed by atoms with Crippen molar-refractivity contribution in [3.8, 4) is 0 Å². The number of benzene rings is 2. The number of fused-ring (bicyclic) bond motifs is 1. The van der Waals surface area contributed by atoms with Gasteiger partial charge in [0.2, 0.25) is 0 Å². The molecular weight excluding hydrogens is 324 g/mol. The van der Waals surface area contributed by atoms with Gasteiger partial charge in [0.1, 0.15) is 5.69 Å². The highest BCUT2D eigenvalue weighted by molar-refractivity contribution is 5.98. The maximum atomic E-state index is 12.3. The van der Waals surface area contributed by atoms with Crippen LogP contribution < -0.4 is 5.32 Å². The number of nitrogens with zero attached hydrogens (tertiary/aromatic N) is 1. The van der Waals surface area contributed by atoms with Crippen molar-refractivity contribution in [3.63, 3.8) is 0 Å². The van der Waals surface area contributed by atoms with Crippen molar-refractivity contribution in [2.24, 2.45) is 0 Å². The maximum Gasteiger partial charge on any atom is 0.352 e. The van der Waals surface area contributed by atoms with E-state index in [1.54, 1.807) is 16.7 Å². The zero-order valence-corrected chi connectivity index (χ0v) is 14.7. The maximum absolute atomic E-state index is 12.3. The van der Waals surface area contributed by atoms with Crippen LogP contribution in [-0.2, 0) is 13.0 Å². The molecule has 1 fully saturated rings. The molecular formula is C22H24N2O2. The summed E-state index contributed by atoms with van der Waals surface area (Å²) in [7, 11) is 0. The van der Waals surface area contributed by atoms with Crippen molar-refractivity contribution in [2.75, 3.05) is 0 Å². The van der Waals surface area contributed by atoms with Gasteiger partial charge in [-0.3, -0.25) is 0 Å². The Balaban J connectivity index is 1.89. The Labute approximate surface area is 157 Å². The molecule has 0 saturated heterocycles. The minimum absolute atomic E-state index is 0.0767. The monoisotopic (exact) mass is 351 g/mol. The van der Waals surface area contributed by atoms with Gasteiger partial charge in [0, 0.05) is 39.6 Å². The highest BCUT2D eigenvalue weighted by atomic mass is 16.4. The lowest BCUT2D eigenvalue weighted by molar-refractivity contribution is 0.0684. The molecule has 134 valence electrons. The summed E-state index contributed by atoms with van der Waals surface area (Å²) in [5.74, 6) is -1.18. The van der Waals surface area contributed by atoms with Crippen LogP contribution in [0.15, 0.2) is 48.5 Å². The summed E-state index contributed by atoms with van der Waals surface area (Å²) in [6.07, 6.45) is 1.97. The molecule has 0 aliphatic heterocycles. The Hall–Kier alpha value is -2.59. The van der Waals surface area contributed by atoms with E-state index >= 15 is 0 Å². The zero-order chi connectivity index (χ0) is 20.8. The lowest BCUT2D eigenvalue weighted by atomic mass is 9.93. The minimum atomic E-state index is -2.14. The molecule has 0 spiro atoms. The zero-order valence-electron chi connectivity index (χ0n) is 17.7. The summed E-state index contributed by atoms with van der Waals surface area (Å²) in [6.45, 7) is 0.172. The summed E-state index contributed by atoms with van der Waals surface area (Å²) < 4.78 is 27.3. The predicted octanol–water partition coefficient (Wildman–Crippen LogP) is 4.34. The van der Waals surface area contributed by atoms with Crippen LogP contribution in [0.25, 0.3) is 10.9 Å². The number of para-hydroxylation sites is 1. The number of carboxylic acid groups (broad SMARTS) is 1. The first-order valence-corrected chi connectivity index (χ1v) is 8.90. The van der Waals surface area contributed by atoms with E-state index in [-0.39, 0.29) is 11.3 Å². The smallest absolute Gasteiger partial charge is 0.352 e. The van der Waals surface area contributed by atoms with Gasteiger partial charge in [0.15, 0.2) is 0 Å². The van der Waals surface area contributed by atoms with E-state index in [0.717, 1.165) is 17.5 Å². The Kier molecular flexibility index (Phi) is 3.64. The van der Waals surface area contributed by atoms with Crippen molar-refractivity contribution in [3.05, 3.63) is 70.9 Å². The fourth-order valence-electron chi connectivity index (χ4n) is 3.32. The number of aryl methyl sites for hydroxylation is 1. The minimum Gasteiger partial charge on any atom is -0.477 e. The van der Waals surface area contributed by atoms with Gasteiger partial charge in [-0.25, -0.2) is 4.79 Å². The van der Waals surface area contributed by atoms with Crippen LogP contribution in [0.1, 0.15) is 50.6 Å². The van der Waals surface area contributed by atoms with Crippen molar-refractivity contribution in [1.29, 1.82) is 0 Å². The van der Waals surface area contributed by atoms with E-state index in [4.69, 9.17) is 4.11 Å². The Bertz CT molecular complexity index is 1070. The number of aromatic nitrogens is 1. The van der Waals surface area contributed by atoms with E-state index in [0.29, 0.717) is 30.3 Å². The number of carbonyl (C=O) groups is 1. The quantitative estimate of drug-likeness (QED) is 0.695. The standard InChI is InChI=1S/C22H24N2O2/c1-15-9-11-16(12-10-15)14-24-20-8-3-2-7-18(20)19(21(24)22(25)26)13-23-17-5-4-6-17/h2-3,7-12,17,23H,4-6,13-14H2,1H3,(H,25,26)/i13D2,17D. The Morgan fingerprint density at radius 2 is 2.00 bits per heavy atom.